The number of piperazine rings is 1. The summed E-state index contributed by atoms with van der Waals surface area (Å²) in [5.41, 5.74) is 9.88. The molecule has 4 heteroatoms. The molecule has 1 heterocycles. The molecule has 1 aliphatic rings. The first-order chi connectivity index (χ1) is 9.47. The molecule has 1 atom stereocenters. The summed E-state index contributed by atoms with van der Waals surface area (Å²) >= 11 is 5.08. The van der Waals surface area contributed by atoms with Crippen molar-refractivity contribution >= 4 is 17.2 Å². The van der Waals surface area contributed by atoms with E-state index in [1.54, 1.807) is 0 Å². The summed E-state index contributed by atoms with van der Waals surface area (Å²) in [7, 11) is 0. The van der Waals surface area contributed by atoms with Crippen molar-refractivity contribution in [2.45, 2.75) is 33.4 Å². The maximum atomic E-state index is 5.73. The first kappa shape index (κ1) is 15.4. The quantitative estimate of drug-likeness (QED) is 0.861. The molecule has 1 aliphatic heterocycles. The fourth-order valence-corrected chi connectivity index (χ4v) is 2.80. The summed E-state index contributed by atoms with van der Waals surface area (Å²) < 4.78 is 0. The zero-order valence-electron chi connectivity index (χ0n) is 12.7. The highest BCUT2D eigenvalue weighted by atomic mass is 32.1. The minimum atomic E-state index is 0.216. The molecule has 110 valence electrons. The van der Waals surface area contributed by atoms with E-state index in [4.69, 9.17) is 18.0 Å². The Morgan fingerprint density at radius 1 is 1.20 bits per heavy atom. The number of rotatable bonds is 4. The van der Waals surface area contributed by atoms with Crippen LogP contribution in [0, 0.1) is 13.8 Å². The van der Waals surface area contributed by atoms with Crippen LogP contribution in [0.3, 0.4) is 0 Å². The van der Waals surface area contributed by atoms with Crippen LogP contribution in [0.25, 0.3) is 0 Å². The normalized spacial score (nSPS) is 18.9. The Morgan fingerprint density at radius 2 is 1.85 bits per heavy atom. The van der Waals surface area contributed by atoms with Gasteiger partial charge in [0, 0.05) is 32.7 Å². The van der Waals surface area contributed by atoms with E-state index in [0.717, 1.165) is 32.7 Å². The zero-order chi connectivity index (χ0) is 14.7. The molecule has 1 aromatic rings. The molecule has 1 saturated heterocycles. The maximum Gasteiger partial charge on any atom is 0.0899 e. The third-order valence-corrected chi connectivity index (χ3v) is 4.68. The molecule has 0 aromatic heterocycles. The molecule has 3 nitrogen and oxygen atoms in total. The minimum Gasteiger partial charge on any atom is -0.392 e. The smallest absolute Gasteiger partial charge is 0.0899 e. The maximum absolute atomic E-state index is 5.73. The van der Waals surface area contributed by atoms with Crippen LogP contribution >= 0.6 is 12.2 Å². The Hall–Kier alpha value is -0.970. The van der Waals surface area contributed by atoms with Gasteiger partial charge < -0.3 is 5.73 Å². The lowest BCUT2D eigenvalue weighted by Crippen LogP contribution is -2.52. The third-order valence-electron chi connectivity index (χ3n) is 4.34. The van der Waals surface area contributed by atoms with Crippen LogP contribution in [-0.2, 0) is 6.54 Å². The zero-order valence-corrected chi connectivity index (χ0v) is 13.5. The van der Waals surface area contributed by atoms with Crippen LogP contribution in [0.2, 0.25) is 0 Å². The highest BCUT2D eigenvalue weighted by Crippen LogP contribution is 2.14. The minimum absolute atomic E-state index is 0.216. The van der Waals surface area contributed by atoms with Crippen molar-refractivity contribution in [1.29, 1.82) is 0 Å². The molecule has 0 radical (unpaired) electrons. The van der Waals surface area contributed by atoms with E-state index in [1.807, 2.05) is 0 Å². The summed E-state index contributed by atoms with van der Waals surface area (Å²) in [6, 6.07) is 6.98. The molecular formula is C16H25N3S. The van der Waals surface area contributed by atoms with Crippen molar-refractivity contribution in [3.8, 4) is 0 Å². The topological polar surface area (TPSA) is 32.5 Å². The molecule has 1 unspecified atom stereocenters. The van der Waals surface area contributed by atoms with Crippen molar-refractivity contribution in [2.75, 3.05) is 26.2 Å². The Morgan fingerprint density at radius 3 is 2.40 bits per heavy atom. The van der Waals surface area contributed by atoms with Gasteiger partial charge in [-0.2, -0.15) is 0 Å². The number of hydrogen-bond acceptors (Lipinski definition) is 3. The van der Waals surface area contributed by atoms with Gasteiger partial charge in [-0.05, 0) is 37.5 Å². The molecular weight excluding hydrogens is 266 g/mol. The number of thiocarbonyl (C=S) groups is 1. The Labute approximate surface area is 127 Å². The van der Waals surface area contributed by atoms with Crippen molar-refractivity contribution in [3.05, 3.63) is 34.9 Å². The monoisotopic (exact) mass is 291 g/mol. The molecule has 1 aromatic carbocycles. The van der Waals surface area contributed by atoms with E-state index in [1.165, 1.54) is 16.7 Å². The summed E-state index contributed by atoms with van der Waals surface area (Å²) in [5.74, 6) is 0. The van der Waals surface area contributed by atoms with Gasteiger partial charge in [0.2, 0.25) is 0 Å². The van der Waals surface area contributed by atoms with E-state index in [0.29, 0.717) is 4.99 Å². The van der Waals surface area contributed by atoms with Gasteiger partial charge in [0.15, 0.2) is 0 Å². The first-order valence-corrected chi connectivity index (χ1v) is 7.70. The van der Waals surface area contributed by atoms with Gasteiger partial charge in [-0.25, -0.2) is 0 Å². The molecule has 0 bridgehead atoms. The van der Waals surface area contributed by atoms with Crippen LogP contribution in [0.1, 0.15) is 23.6 Å². The number of benzene rings is 1. The standard InChI is InChI=1S/C16H25N3S/c1-12-4-5-15(10-13(12)2)11-18-6-8-19(9-7-18)14(3)16(17)20/h4-5,10,14H,6-9,11H2,1-3H3,(H2,17,20). The molecule has 1 fully saturated rings. The second kappa shape index (κ2) is 6.66. The number of aryl methyl sites for hydroxylation is 2. The lowest BCUT2D eigenvalue weighted by molar-refractivity contribution is 0.118. The van der Waals surface area contributed by atoms with Crippen LogP contribution in [0.5, 0.6) is 0 Å². The molecule has 20 heavy (non-hydrogen) atoms. The predicted molar refractivity (Wildman–Crippen MR) is 89.0 cm³/mol. The number of nitrogens with zero attached hydrogens (tertiary/aromatic N) is 2. The lowest BCUT2D eigenvalue weighted by atomic mass is 10.1. The SMILES string of the molecule is Cc1ccc(CN2CCN(C(C)C(N)=S)CC2)cc1C. The Balaban J connectivity index is 1.88. The van der Waals surface area contributed by atoms with Gasteiger partial charge >= 0.3 is 0 Å². The van der Waals surface area contributed by atoms with E-state index < -0.39 is 0 Å². The Kier molecular flexibility index (Phi) is 5.13. The lowest BCUT2D eigenvalue weighted by Gasteiger charge is -2.37. The van der Waals surface area contributed by atoms with Gasteiger partial charge in [0.1, 0.15) is 0 Å². The molecule has 0 amide bonds. The van der Waals surface area contributed by atoms with Crippen molar-refractivity contribution in [2.24, 2.45) is 5.73 Å². The van der Waals surface area contributed by atoms with Crippen LogP contribution < -0.4 is 5.73 Å². The molecule has 2 rings (SSSR count). The third kappa shape index (κ3) is 3.78. The van der Waals surface area contributed by atoms with E-state index in [2.05, 4.69) is 48.8 Å². The van der Waals surface area contributed by atoms with Crippen molar-refractivity contribution in [1.82, 2.24) is 9.80 Å². The van der Waals surface area contributed by atoms with Gasteiger partial charge in [0.05, 0.1) is 11.0 Å². The van der Waals surface area contributed by atoms with Crippen molar-refractivity contribution in [3.63, 3.8) is 0 Å². The van der Waals surface area contributed by atoms with Crippen molar-refractivity contribution < 1.29 is 0 Å². The number of hydrogen-bond donors (Lipinski definition) is 1. The second-order valence-corrected chi connectivity index (χ2v) is 6.28. The fourth-order valence-electron chi connectivity index (χ4n) is 2.65. The summed E-state index contributed by atoms with van der Waals surface area (Å²) in [5, 5.41) is 0. The van der Waals surface area contributed by atoms with E-state index in [9.17, 15) is 0 Å². The molecule has 2 N–H and O–H groups in total. The van der Waals surface area contributed by atoms with Crippen LogP contribution in [0.4, 0.5) is 0 Å². The highest BCUT2D eigenvalue weighted by Gasteiger charge is 2.22. The molecule has 0 spiro atoms. The second-order valence-electron chi connectivity index (χ2n) is 5.81. The number of nitrogens with two attached hydrogens (primary N) is 1. The first-order valence-electron chi connectivity index (χ1n) is 7.29. The van der Waals surface area contributed by atoms with Gasteiger partial charge in [-0.15, -0.1) is 0 Å². The van der Waals surface area contributed by atoms with Crippen LogP contribution in [0.15, 0.2) is 18.2 Å². The molecule has 0 saturated carbocycles. The largest absolute Gasteiger partial charge is 0.392 e. The van der Waals surface area contributed by atoms with Gasteiger partial charge in [-0.1, -0.05) is 30.4 Å². The van der Waals surface area contributed by atoms with Crippen LogP contribution in [-0.4, -0.2) is 47.0 Å². The fraction of sp³-hybridized carbons (Fsp3) is 0.562. The molecule has 0 aliphatic carbocycles. The summed E-state index contributed by atoms with van der Waals surface area (Å²) in [6.45, 7) is 11.7. The highest BCUT2D eigenvalue weighted by molar-refractivity contribution is 7.80. The van der Waals surface area contributed by atoms with Gasteiger partial charge in [-0.3, -0.25) is 9.80 Å². The van der Waals surface area contributed by atoms with Gasteiger partial charge in [0.25, 0.3) is 0 Å². The Bertz CT molecular complexity index is 479. The predicted octanol–water partition coefficient (Wildman–Crippen LogP) is 2.10. The summed E-state index contributed by atoms with van der Waals surface area (Å²) in [6.07, 6.45) is 0. The average Bonchev–Trinajstić information content (AvgIpc) is 2.43. The summed E-state index contributed by atoms with van der Waals surface area (Å²) in [4.78, 5) is 5.49. The average molecular weight is 291 g/mol. The van der Waals surface area contributed by atoms with E-state index >= 15 is 0 Å². The van der Waals surface area contributed by atoms with E-state index in [-0.39, 0.29) is 6.04 Å².